The number of phenols is 1. The summed E-state index contributed by atoms with van der Waals surface area (Å²) in [6.45, 7) is 1.78. The number of nitrogens with one attached hydrogen (secondary N) is 1. The molecule has 2 rings (SSSR count). The van der Waals surface area contributed by atoms with Gasteiger partial charge < -0.3 is 10.4 Å². The lowest BCUT2D eigenvalue weighted by atomic mass is 10.1. The Morgan fingerprint density at radius 2 is 1.91 bits per heavy atom. The van der Waals surface area contributed by atoms with E-state index < -0.39 is 0 Å². The van der Waals surface area contributed by atoms with E-state index in [1.807, 2.05) is 12.1 Å². The molecule has 0 fully saturated rings. The summed E-state index contributed by atoms with van der Waals surface area (Å²) in [6, 6.07) is 15.7. The van der Waals surface area contributed by atoms with Gasteiger partial charge in [-0.3, -0.25) is 0 Å². The lowest BCUT2D eigenvalue weighted by molar-refractivity contribution is 0.466. The molecule has 0 aliphatic carbocycles. The molecule has 23 heavy (non-hydrogen) atoms. The Kier molecular flexibility index (Phi) is 6.99. The van der Waals surface area contributed by atoms with Crippen LogP contribution in [0.3, 0.4) is 0 Å². The van der Waals surface area contributed by atoms with Crippen LogP contribution in [0.25, 0.3) is 0 Å². The van der Waals surface area contributed by atoms with Crippen LogP contribution in [0.15, 0.2) is 47.4 Å². The van der Waals surface area contributed by atoms with Gasteiger partial charge >= 0.3 is 0 Å². The van der Waals surface area contributed by atoms with Gasteiger partial charge in [-0.25, -0.2) is 0 Å². The molecule has 0 radical (unpaired) electrons. The second-order valence-corrected chi connectivity index (χ2v) is 6.22. The summed E-state index contributed by atoms with van der Waals surface area (Å²) in [5.74, 6) is 0.208. The minimum atomic E-state index is 0.208. The van der Waals surface area contributed by atoms with E-state index in [1.54, 1.807) is 17.8 Å². The average molecular weight is 326 g/mol. The second kappa shape index (κ2) is 9.24. The Labute approximate surface area is 142 Å². The predicted molar refractivity (Wildman–Crippen MR) is 95.9 cm³/mol. The van der Waals surface area contributed by atoms with Crippen molar-refractivity contribution >= 4 is 11.8 Å². The van der Waals surface area contributed by atoms with E-state index in [-0.39, 0.29) is 5.75 Å². The molecule has 2 N–H and O–H groups in total. The monoisotopic (exact) mass is 326 g/mol. The van der Waals surface area contributed by atoms with E-state index in [2.05, 4.69) is 35.8 Å². The molecule has 0 saturated heterocycles. The summed E-state index contributed by atoms with van der Waals surface area (Å²) in [4.78, 5) is 1.36. The molecule has 2 aromatic carbocycles. The summed E-state index contributed by atoms with van der Waals surface area (Å²) in [5, 5.41) is 22.0. The van der Waals surface area contributed by atoms with Crippen LogP contribution in [0.2, 0.25) is 0 Å². The number of benzene rings is 2. The fourth-order valence-electron chi connectivity index (χ4n) is 2.51. The van der Waals surface area contributed by atoms with Crippen molar-refractivity contribution in [1.29, 1.82) is 5.26 Å². The Morgan fingerprint density at radius 3 is 2.65 bits per heavy atom. The number of nitriles is 1. The van der Waals surface area contributed by atoms with Crippen molar-refractivity contribution < 1.29 is 5.11 Å². The highest BCUT2D eigenvalue weighted by Crippen LogP contribution is 2.21. The van der Waals surface area contributed by atoms with E-state index in [0.29, 0.717) is 5.56 Å². The number of thioether (sulfide) groups is 1. The summed E-state index contributed by atoms with van der Waals surface area (Å²) in [7, 11) is 0. The normalized spacial score (nSPS) is 10.4. The molecule has 0 aliphatic heterocycles. The number of aromatic hydroxyl groups is 1. The molecule has 0 bridgehead atoms. The fourth-order valence-corrected chi connectivity index (χ4v) is 3.15. The third kappa shape index (κ3) is 5.31. The first-order valence-electron chi connectivity index (χ1n) is 7.79. The topological polar surface area (TPSA) is 56.0 Å². The predicted octanol–water partition coefficient (Wildman–Crippen LogP) is 3.75. The largest absolute Gasteiger partial charge is 0.508 e. The number of hydrogen-bond acceptors (Lipinski definition) is 4. The van der Waals surface area contributed by atoms with Crippen LogP contribution in [0.5, 0.6) is 5.75 Å². The molecule has 0 heterocycles. The van der Waals surface area contributed by atoms with Crippen molar-refractivity contribution in [3.05, 3.63) is 59.2 Å². The van der Waals surface area contributed by atoms with Crippen LogP contribution in [0.1, 0.15) is 23.1 Å². The summed E-state index contributed by atoms with van der Waals surface area (Å²) < 4.78 is 0. The molecular weight excluding hydrogens is 304 g/mol. The zero-order chi connectivity index (χ0) is 16.5. The number of rotatable bonds is 8. The van der Waals surface area contributed by atoms with E-state index in [4.69, 9.17) is 5.26 Å². The van der Waals surface area contributed by atoms with E-state index in [1.165, 1.54) is 16.5 Å². The highest BCUT2D eigenvalue weighted by atomic mass is 32.2. The van der Waals surface area contributed by atoms with Gasteiger partial charge in [-0.15, -0.1) is 11.8 Å². The Morgan fingerprint density at radius 1 is 1.09 bits per heavy atom. The average Bonchev–Trinajstić information content (AvgIpc) is 2.59. The van der Waals surface area contributed by atoms with Crippen molar-refractivity contribution in [3.63, 3.8) is 0 Å². The smallest absolute Gasteiger partial charge is 0.120 e. The van der Waals surface area contributed by atoms with Crippen LogP contribution in [0, 0.1) is 11.3 Å². The second-order valence-electron chi connectivity index (χ2n) is 5.37. The van der Waals surface area contributed by atoms with E-state index in [9.17, 15) is 5.11 Å². The number of aryl methyl sites for hydroxylation is 1. The van der Waals surface area contributed by atoms with Crippen molar-refractivity contribution in [3.8, 4) is 11.8 Å². The minimum absolute atomic E-state index is 0.208. The first-order chi connectivity index (χ1) is 11.2. The number of phenolic OH excluding ortho intramolecular Hbond substituents is 1. The Bertz CT molecular complexity index is 679. The molecule has 0 atom stereocenters. The molecule has 4 heteroatoms. The van der Waals surface area contributed by atoms with Gasteiger partial charge in [0.1, 0.15) is 5.75 Å². The standard InChI is InChI=1S/C19H22N2OS/c1-23-19-7-3-2-5-17(19)6-4-11-21-12-10-16-9-8-15(14-20)13-18(16)22/h2-3,5,7-9,13,21-22H,4,6,10-12H2,1H3. The maximum atomic E-state index is 9.85. The summed E-state index contributed by atoms with van der Waals surface area (Å²) in [6.07, 6.45) is 5.04. The van der Waals surface area contributed by atoms with Crippen LogP contribution < -0.4 is 5.32 Å². The van der Waals surface area contributed by atoms with Crippen molar-refractivity contribution in [2.24, 2.45) is 0 Å². The molecule has 0 aliphatic rings. The zero-order valence-electron chi connectivity index (χ0n) is 13.4. The lowest BCUT2D eigenvalue weighted by Gasteiger charge is -2.09. The SMILES string of the molecule is CSc1ccccc1CCCNCCc1ccc(C#N)cc1O. The number of nitrogens with zero attached hydrogens (tertiary/aromatic N) is 1. The maximum Gasteiger partial charge on any atom is 0.120 e. The fraction of sp³-hybridized carbons (Fsp3) is 0.316. The third-order valence-electron chi connectivity index (χ3n) is 3.78. The van der Waals surface area contributed by atoms with Gasteiger partial charge in [-0.05, 0) is 67.9 Å². The molecule has 0 amide bonds. The van der Waals surface area contributed by atoms with Gasteiger partial charge in [0.15, 0.2) is 0 Å². The van der Waals surface area contributed by atoms with Gasteiger partial charge in [0.25, 0.3) is 0 Å². The Balaban J connectivity index is 1.69. The van der Waals surface area contributed by atoms with Gasteiger partial charge in [-0.2, -0.15) is 5.26 Å². The van der Waals surface area contributed by atoms with Gasteiger partial charge in [-0.1, -0.05) is 24.3 Å². The van der Waals surface area contributed by atoms with Crippen molar-refractivity contribution in [1.82, 2.24) is 5.32 Å². The first-order valence-corrected chi connectivity index (χ1v) is 9.01. The van der Waals surface area contributed by atoms with Gasteiger partial charge in [0.05, 0.1) is 11.6 Å². The molecule has 120 valence electrons. The van der Waals surface area contributed by atoms with Crippen molar-refractivity contribution in [2.45, 2.75) is 24.2 Å². The van der Waals surface area contributed by atoms with Gasteiger partial charge in [0.2, 0.25) is 0 Å². The molecule has 0 saturated carbocycles. The molecule has 0 unspecified atom stereocenters. The molecule has 3 nitrogen and oxygen atoms in total. The summed E-state index contributed by atoms with van der Waals surface area (Å²) >= 11 is 1.79. The van der Waals surface area contributed by atoms with E-state index in [0.717, 1.165) is 37.9 Å². The first kappa shape index (κ1) is 17.4. The third-order valence-corrected chi connectivity index (χ3v) is 4.62. The summed E-state index contributed by atoms with van der Waals surface area (Å²) in [5.41, 5.74) is 2.78. The van der Waals surface area contributed by atoms with Crippen LogP contribution in [-0.4, -0.2) is 24.5 Å². The van der Waals surface area contributed by atoms with Crippen LogP contribution >= 0.6 is 11.8 Å². The quantitative estimate of drug-likeness (QED) is 0.573. The lowest BCUT2D eigenvalue weighted by Crippen LogP contribution is -2.19. The minimum Gasteiger partial charge on any atom is -0.508 e. The highest BCUT2D eigenvalue weighted by molar-refractivity contribution is 7.98. The highest BCUT2D eigenvalue weighted by Gasteiger charge is 2.03. The van der Waals surface area contributed by atoms with Gasteiger partial charge in [0, 0.05) is 4.90 Å². The molecule has 2 aromatic rings. The zero-order valence-corrected chi connectivity index (χ0v) is 14.2. The maximum absolute atomic E-state index is 9.85. The molecule has 0 aromatic heterocycles. The van der Waals surface area contributed by atoms with Crippen LogP contribution in [-0.2, 0) is 12.8 Å². The van der Waals surface area contributed by atoms with E-state index >= 15 is 0 Å². The van der Waals surface area contributed by atoms with Crippen LogP contribution in [0.4, 0.5) is 0 Å². The Hall–Kier alpha value is -1.96. The molecule has 0 spiro atoms. The van der Waals surface area contributed by atoms with Crippen molar-refractivity contribution in [2.75, 3.05) is 19.3 Å². The number of hydrogen-bond donors (Lipinski definition) is 2. The molecular formula is C19H22N2OS.